The molecule has 0 aliphatic heterocycles. The lowest BCUT2D eigenvalue weighted by atomic mass is 9.85. The first-order valence-corrected chi connectivity index (χ1v) is 9.79. The highest BCUT2D eigenvalue weighted by atomic mass is 28.3. The van der Waals surface area contributed by atoms with Gasteiger partial charge in [-0.05, 0) is 5.92 Å². The Morgan fingerprint density at radius 2 is 1.53 bits per heavy atom. The smallest absolute Gasteiger partial charge is 0.0412 e. The molecule has 1 saturated carbocycles. The molecule has 0 aromatic heterocycles. The van der Waals surface area contributed by atoms with Crippen molar-refractivity contribution in [3.63, 3.8) is 0 Å². The van der Waals surface area contributed by atoms with Crippen molar-refractivity contribution in [3.05, 3.63) is 0 Å². The van der Waals surface area contributed by atoms with Crippen LogP contribution in [0.5, 0.6) is 0 Å². The molecular formula is C14H29Si. The van der Waals surface area contributed by atoms with E-state index in [-0.39, 0.29) is 8.80 Å². The fourth-order valence-electron chi connectivity index (χ4n) is 2.74. The summed E-state index contributed by atoms with van der Waals surface area (Å²) in [7, 11) is 0.0583. The minimum absolute atomic E-state index is 0.0583. The van der Waals surface area contributed by atoms with Gasteiger partial charge >= 0.3 is 0 Å². The van der Waals surface area contributed by atoms with Gasteiger partial charge in [-0.1, -0.05) is 83.3 Å². The molecule has 0 N–H and O–H groups in total. The summed E-state index contributed by atoms with van der Waals surface area (Å²) in [5.74, 6) is 1.11. The van der Waals surface area contributed by atoms with Gasteiger partial charge in [-0.25, -0.2) is 0 Å². The van der Waals surface area contributed by atoms with Crippen LogP contribution in [0.25, 0.3) is 0 Å². The third-order valence-corrected chi connectivity index (χ3v) is 5.12. The highest BCUT2D eigenvalue weighted by Gasteiger charge is 2.12. The SMILES string of the molecule is C[Si](C)CCCCCCC1CCCCC1. The molecule has 1 heteroatoms. The summed E-state index contributed by atoms with van der Waals surface area (Å²) >= 11 is 0. The maximum atomic E-state index is 2.44. The molecule has 0 aromatic carbocycles. The van der Waals surface area contributed by atoms with E-state index in [0.29, 0.717) is 0 Å². The van der Waals surface area contributed by atoms with E-state index < -0.39 is 0 Å². The Labute approximate surface area is 98.5 Å². The molecule has 0 unspecified atom stereocenters. The van der Waals surface area contributed by atoms with Crippen LogP contribution in [-0.2, 0) is 0 Å². The molecule has 89 valence electrons. The highest BCUT2D eigenvalue weighted by Crippen LogP contribution is 2.28. The molecule has 0 amide bonds. The van der Waals surface area contributed by atoms with Crippen molar-refractivity contribution in [1.82, 2.24) is 0 Å². The Bertz CT molecular complexity index is 136. The lowest BCUT2D eigenvalue weighted by Gasteiger charge is -2.21. The van der Waals surface area contributed by atoms with Crippen LogP contribution in [0.2, 0.25) is 19.1 Å². The maximum Gasteiger partial charge on any atom is 0.0412 e. The van der Waals surface area contributed by atoms with Crippen LogP contribution in [0.4, 0.5) is 0 Å². The Morgan fingerprint density at radius 3 is 2.20 bits per heavy atom. The molecule has 0 spiro atoms. The highest BCUT2D eigenvalue weighted by molar-refractivity contribution is 6.55. The fraction of sp³-hybridized carbons (Fsp3) is 1.00. The van der Waals surface area contributed by atoms with E-state index >= 15 is 0 Å². The third-order valence-electron chi connectivity index (χ3n) is 3.76. The normalized spacial score (nSPS) is 18.6. The van der Waals surface area contributed by atoms with Gasteiger partial charge in [-0.2, -0.15) is 0 Å². The molecule has 1 aliphatic carbocycles. The van der Waals surface area contributed by atoms with Crippen LogP contribution in [0.1, 0.15) is 64.2 Å². The molecule has 1 radical (unpaired) electrons. The first-order chi connectivity index (χ1) is 7.29. The van der Waals surface area contributed by atoms with E-state index in [4.69, 9.17) is 0 Å². The lowest BCUT2D eigenvalue weighted by Crippen LogP contribution is -2.05. The van der Waals surface area contributed by atoms with Gasteiger partial charge in [-0.3, -0.25) is 0 Å². The van der Waals surface area contributed by atoms with Crippen molar-refractivity contribution >= 4 is 8.80 Å². The summed E-state index contributed by atoms with van der Waals surface area (Å²) in [5, 5.41) is 0. The van der Waals surface area contributed by atoms with Gasteiger partial charge in [0.2, 0.25) is 0 Å². The molecule has 0 heterocycles. The minimum Gasteiger partial charge on any atom is -0.0713 e. The van der Waals surface area contributed by atoms with Crippen LogP contribution >= 0.6 is 0 Å². The van der Waals surface area contributed by atoms with Gasteiger partial charge < -0.3 is 0 Å². The molecular weight excluding hydrogens is 196 g/mol. The Balaban J connectivity index is 1.83. The summed E-state index contributed by atoms with van der Waals surface area (Å²) in [5.41, 5.74) is 0. The van der Waals surface area contributed by atoms with Crippen molar-refractivity contribution in [1.29, 1.82) is 0 Å². The summed E-state index contributed by atoms with van der Waals surface area (Å²) in [4.78, 5) is 0. The average Bonchev–Trinajstić information content (AvgIpc) is 2.24. The Kier molecular flexibility index (Phi) is 7.42. The molecule has 0 atom stereocenters. The first kappa shape index (κ1) is 13.3. The first-order valence-electron chi connectivity index (χ1n) is 7.08. The number of hydrogen-bond donors (Lipinski definition) is 0. The zero-order valence-corrected chi connectivity index (χ0v) is 11.9. The summed E-state index contributed by atoms with van der Waals surface area (Å²) in [6.07, 6.45) is 15.2. The van der Waals surface area contributed by atoms with E-state index in [1.807, 2.05) is 0 Å². The van der Waals surface area contributed by atoms with Gasteiger partial charge in [-0.15, -0.1) is 0 Å². The fourth-order valence-corrected chi connectivity index (χ4v) is 3.70. The van der Waals surface area contributed by atoms with Crippen LogP contribution in [0.3, 0.4) is 0 Å². The maximum absolute atomic E-state index is 2.44. The van der Waals surface area contributed by atoms with Crippen molar-refractivity contribution in [2.24, 2.45) is 5.92 Å². The molecule has 0 nitrogen and oxygen atoms in total. The standard InChI is InChI=1S/C14H29Si/c1-15(2)13-9-4-3-6-10-14-11-7-5-8-12-14/h14H,3-13H2,1-2H3. The monoisotopic (exact) mass is 225 g/mol. The third kappa shape index (κ3) is 7.16. The second-order valence-corrected chi connectivity index (χ2v) is 8.58. The zero-order valence-electron chi connectivity index (χ0n) is 10.9. The van der Waals surface area contributed by atoms with Crippen LogP contribution in [0.15, 0.2) is 0 Å². The van der Waals surface area contributed by atoms with Crippen LogP contribution < -0.4 is 0 Å². The van der Waals surface area contributed by atoms with Crippen LogP contribution in [0, 0.1) is 5.92 Å². The Morgan fingerprint density at radius 1 is 0.867 bits per heavy atom. The summed E-state index contributed by atoms with van der Waals surface area (Å²) < 4.78 is 0. The van der Waals surface area contributed by atoms with E-state index in [1.165, 1.54) is 70.3 Å². The largest absolute Gasteiger partial charge is 0.0713 e. The second-order valence-electron chi connectivity index (χ2n) is 5.66. The molecule has 0 aromatic rings. The predicted octanol–water partition coefficient (Wildman–Crippen LogP) is 5.27. The van der Waals surface area contributed by atoms with Crippen molar-refractivity contribution in [2.75, 3.05) is 0 Å². The summed E-state index contributed by atoms with van der Waals surface area (Å²) in [6, 6.07) is 1.54. The van der Waals surface area contributed by atoms with E-state index in [9.17, 15) is 0 Å². The van der Waals surface area contributed by atoms with Crippen molar-refractivity contribution in [2.45, 2.75) is 83.3 Å². The second kappa shape index (κ2) is 8.38. The number of unbranched alkanes of at least 4 members (excludes halogenated alkanes) is 3. The van der Waals surface area contributed by atoms with E-state index in [0.717, 1.165) is 5.92 Å². The molecule has 1 aliphatic rings. The van der Waals surface area contributed by atoms with E-state index in [2.05, 4.69) is 13.1 Å². The number of rotatable bonds is 7. The minimum atomic E-state index is 0.0583. The predicted molar refractivity (Wildman–Crippen MR) is 71.9 cm³/mol. The van der Waals surface area contributed by atoms with Gasteiger partial charge in [0.25, 0.3) is 0 Å². The molecule has 1 rings (SSSR count). The molecule has 15 heavy (non-hydrogen) atoms. The van der Waals surface area contributed by atoms with Gasteiger partial charge in [0.05, 0.1) is 0 Å². The van der Waals surface area contributed by atoms with Gasteiger partial charge in [0, 0.05) is 8.80 Å². The molecule has 0 saturated heterocycles. The molecule has 0 bridgehead atoms. The quantitative estimate of drug-likeness (QED) is 0.409. The lowest BCUT2D eigenvalue weighted by molar-refractivity contribution is 0.328. The molecule has 1 fully saturated rings. The van der Waals surface area contributed by atoms with E-state index in [1.54, 1.807) is 0 Å². The topological polar surface area (TPSA) is 0 Å². The average molecular weight is 225 g/mol. The number of hydrogen-bond acceptors (Lipinski definition) is 0. The van der Waals surface area contributed by atoms with Crippen LogP contribution in [-0.4, -0.2) is 8.80 Å². The van der Waals surface area contributed by atoms with Crippen molar-refractivity contribution in [3.8, 4) is 0 Å². The zero-order chi connectivity index (χ0) is 10.9. The van der Waals surface area contributed by atoms with Crippen molar-refractivity contribution < 1.29 is 0 Å². The van der Waals surface area contributed by atoms with Gasteiger partial charge in [0.15, 0.2) is 0 Å². The van der Waals surface area contributed by atoms with Gasteiger partial charge in [0.1, 0.15) is 0 Å². The Hall–Kier alpha value is 0.217. The summed E-state index contributed by atoms with van der Waals surface area (Å²) in [6.45, 7) is 4.87.